The quantitative estimate of drug-likeness (QED) is 0.0730. The average Bonchev–Trinajstić information content (AvgIpc) is 3.35. The van der Waals surface area contributed by atoms with Crippen LogP contribution in [0.4, 0.5) is 4.79 Å². The molecule has 1 N–H and O–H groups in total. The molecule has 11 heteroatoms. The molecule has 282 valence electrons. The Hall–Kier alpha value is -1.45. The third-order valence-electron chi connectivity index (χ3n) is 12.7. The normalized spacial score (nSPS) is 33.7. The molecule has 5 unspecified atom stereocenters. The summed E-state index contributed by atoms with van der Waals surface area (Å²) in [5.74, 6) is 4.00. The maximum Gasteiger partial charge on any atom is 0.508 e. The van der Waals surface area contributed by atoms with Crippen molar-refractivity contribution >= 4 is 19.9 Å². The smallest absolute Gasteiger partial charge is 0.456 e. The Morgan fingerprint density at radius 1 is 1.00 bits per heavy atom. The predicted octanol–water partition coefficient (Wildman–Crippen LogP) is 8.32. The summed E-state index contributed by atoms with van der Waals surface area (Å²) in [7, 11) is 1.40. The number of allylic oxidation sites excluding steroid dienone is 1. The fourth-order valence-corrected chi connectivity index (χ4v) is 10.8. The van der Waals surface area contributed by atoms with Crippen LogP contribution in [0.15, 0.2) is 11.6 Å². The van der Waals surface area contributed by atoms with Crippen LogP contribution in [0.3, 0.4) is 0 Å². The number of carbonyl (C=O) groups is 2. The highest BCUT2D eigenvalue weighted by Gasteiger charge is 2.59. The molecule has 0 saturated heterocycles. The zero-order valence-electron chi connectivity index (χ0n) is 31.9. The number of hydrogen-bond acceptors (Lipinski definition) is 8. The van der Waals surface area contributed by atoms with E-state index < -0.39 is 32.7 Å². The Morgan fingerprint density at radius 2 is 1.73 bits per heavy atom. The Labute approximate surface area is 296 Å². The number of rotatable bonds is 16. The van der Waals surface area contributed by atoms with Crippen molar-refractivity contribution in [2.24, 2.45) is 46.3 Å². The lowest BCUT2D eigenvalue weighted by molar-refractivity contribution is -0.870. The first kappa shape index (κ1) is 40.3. The second kappa shape index (κ2) is 16.5. The van der Waals surface area contributed by atoms with Crippen LogP contribution in [-0.2, 0) is 32.6 Å². The minimum Gasteiger partial charge on any atom is -0.456 e. The van der Waals surface area contributed by atoms with E-state index in [1.807, 2.05) is 21.1 Å². The number of fused-ring (bicyclic) bond motifs is 5. The number of phosphoric acid groups is 1. The number of likely N-dealkylation sites (N-methyl/N-ethyl adjacent to an activating group) is 1. The molecule has 3 saturated carbocycles. The van der Waals surface area contributed by atoms with E-state index in [0.29, 0.717) is 28.8 Å². The topological polar surface area (TPSA) is 118 Å². The number of phosphoric ester groups is 1. The summed E-state index contributed by atoms with van der Waals surface area (Å²) >= 11 is 0. The van der Waals surface area contributed by atoms with Crippen LogP contribution < -0.4 is 0 Å². The van der Waals surface area contributed by atoms with Crippen molar-refractivity contribution in [3.8, 4) is 0 Å². The van der Waals surface area contributed by atoms with Crippen LogP contribution in [0.1, 0.15) is 112 Å². The second-order valence-corrected chi connectivity index (χ2v) is 19.1. The number of nitrogens with zero attached hydrogens (tertiary/aromatic N) is 1. The molecule has 0 aromatic carbocycles. The summed E-state index contributed by atoms with van der Waals surface area (Å²) in [6.45, 7) is 13.2. The van der Waals surface area contributed by atoms with Crippen LogP contribution in [0.2, 0.25) is 0 Å². The van der Waals surface area contributed by atoms with Crippen LogP contribution in [0.5, 0.6) is 0 Å². The van der Waals surface area contributed by atoms with Gasteiger partial charge in [0.2, 0.25) is 0 Å². The summed E-state index contributed by atoms with van der Waals surface area (Å²) < 4.78 is 39.2. The highest BCUT2D eigenvalue weighted by molar-refractivity contribution is 7.47. The van der Waals surface area contributed by atoms with E-state index in [9.17, 15) is 19.0 Å². The van der Waals surface area contributed by atoms with Gasteiger partial charge < -0.3 is 23.6 Å². The molecule has 4 aliphatic rings. The predicted molar refractivity (Wildman–Crippen MR) is 189 cm³/mol. The van der Waals surface area contributed by atoms with Crippen LogP contribution in [0.25, 0.3) is 0 Å². The van der Waals surface area contributed by atoms with Crippen molar-refractivity contribution in [1.29, 1.82) is 0 Å². The van der Waals surface area contributed by atoms with Gasteiger partial charge in [-0.15, -0.1) is 0 Å². The lowest BCUT2D eigenvalue weighted by Crippen LogP contribution is -2.51. The van der Waals surface area contributed by atoms with Gasteiger partial charge in [-0.25, -0.2) is 9.36 Å². The van der Waals surface area contributed by atoms with Crippen molar-refractivity contribution in [3.63, 3.8) is 0 Å². The van der Waals surface area contributed by atoms with Gasteiger partial charge in [0.1, 0.15) is 25.9 Å². The average molecular weight is 713 g/mol. The van der Waals surface area contributed by atoms with Crippen molar-refractivity contribution in [2.45, 2.75) is 124 Å². The first-order chi connectivity index (χ1) is 22.8. The largest absolute Gasteiger partial charge is 0.508 e. The van der Waals surface area contributed by atoms with Crippen molar-refractivity contribution in [2.75, 3.05) is 47.5 Å². The molecule has 0 amide bonds. The third-order valence-corrected chi connectivity index (χ3v) is 13.7. The molecule has 10 atom stereocenters. The number of ether oxygens (including phenoxy) is 3. The first-order valence-electron chi connectivity index (χ1n) is 19.0. The molecule has 0 aliphatic heterocycles. The van der Waals surface area contributed by atoms with Gasteiger partial charge in [-0.3, -0.25) is 13.8 Å². The zero-order chi connectivity index (χ0) is 36.2. The lowest BCUT2D eigenvalue weighted by Gasteiger charge is -2.58. The van der Waals surface area contributed by atoms with Crippen LogP contribution >= 0.6 is 7.82 Å². The van der Waals surface area contributed by atoms with Gasteiger partial charge in [0, 0.05) is 13.3 Å². The SMILES string of the molecule is CC(=O)OC(COC(=O)O[C@H]1CC[C@@]2(C)C(=CCC3C2CC[C@@]2(C)C3CC[C@@H]2[C@H](C)CCCC(C)C)C1)COP(=O)(O)OCC[N+](C)(C)C. The zero-order valence-corrected chi connectivity index (χ0v) is 32.8. The molecular formula is C38H67NO9P+. The minimum absolute atomic E-state index is 0.00892. The standard InChI is InChI=1S/C38H66NO9P/c1-26(2)11-10-12-27(3)33-15-16-34-32-14-13-29-23-30(17-19-37(29,5)35(32)18-20-38(33,34)6)48-36(41)44-24-31(47-28(4)40)25-46-49(42,43)45-22-21-39(7,8)9/h13,26-27,30-35H,10-12,14-25H2,1-9H3/p+1/t27-,30+,31?,32?,33-,34?,35?,37+,38-/m1/s1. The number of carbonyl (C=O) groups excluding carboxylic acids is 2. The lowest BCUT2D eigenvalue weighted by atomic mass is 9.47. The molecule has 0 aromatic rings. The fourth-order valence-electron chi connectivity index (χ4n) is 10.1. The van der Waals surface area contributed by atoms with Gasteiger partial charge >= 0.3 is 19.9 Å². The summed E-state index contributed by atoms with van der Waals surface area (Å²) in [5, 5.41) is 0. The van der Waals surface area contributed by atoms with Crippen LogP contribution in [-0.4, -0.2) is 81.2 Å². The number of quaternary nitrogens is 1. The molecule has 0 heterocycles. The first-order valence-corrected chi connectivity index (χ1v) is 20.4. The Balaban J connectivity index is 1.28. The van der Waals surface area contributed by atoms with Gasteiger partial charge in [-0.05, 0) is 91.3 Å². The maximum atomic E-state index is 12.8. The maximum absolute atomic E-state index is 12.8. The van der Waals surface area contributed by atoms with E-state index in [1.54, 1.807) is 0 Å². The Bertz CT molecular complexity index is 1220. The monoisotopic (exact) mass is 712 g/mol. The summed E-state index contributed by atoms with van der Waals surface area (Å²) in [6.07, 6.45) is 13.3. The number of esters is 1. The number of hydrogen-bond donors (Lipinski definition) is 1. The Kier molecular flexibility index (Phi) is 13.6. The minimum atomic E-state index is -4.39. The van der Waals surface area contributed by atoms with E-state index in [-0.39, 0.29) is 24.7 Å². The third kappa shape index (κ3) is 10.6. The Morgan fingerprint density at radius 3 is 2.41 bits per heavy atom. The molecule has 0 spiro atoms. The molecule has 49 heavy (non-hydrogen) atoms. The molecule has 0 bridgehead atoms. The molecule has 0 aromatic heterocycles. The highest BCUT2D eigenvalue weighted by Crippen LogP contribution is 2.67. The van der Waals surface area contributed by atoms with Crippen molar-refractivity contribution in [1.82, 2.24) is 0 Å². The molecule has 4 aliphatic carbocycles. The molecule has 0 radical (unpaired) electrons. The van der Waals surface area contributed by atoms with E-state index in [4.69, 9.17) is 23.3 Å². The van der Waals surface area contributed by atoms with E-state index in [0.717, 1.165) is 48.9 Å². The van der Waals surface area contributed by atoms with E-state index in [1.165, 1.54) is 57.4 Å². The summed E-state index contributed by atoms with van der Waals surface area (Å²) in [4.78, 5) is 34.5. The summed E-state index contributed by atoms with van der Waals surface area (Å²) in [6, 6.07) is 0. The molecule has 3 fully saturated rings. The second-order valence-electron chi connectivity index (χ2n) is 17.7. The van der Waals surface area contributed by atoms with Crippen molar-refractivity contribution < 1.29 is 46.8 Å². The molecular weight excluding hydrogens is 645 g/mol. The fraction of sp³-hybridized carbons (Fsp3) is 0.895. The van der Waals surface area contributed by atoms with Gasteiger partial charge in [0.15, 0.2) is 6.10 Å². The van der Waals surface area contributed by atoms with E-state index in [2.05, 4.69) is 40.7 Å². The van der Waals surface area contributed by atoms with Gasteiger partial charge in [0.05, 0.1) is 27.7 Å². The van der Waals surface area contributed by atoms with Gasteiger partial charge in [-0.1, -0.05) is 65.5 Å². The van der Waals surface area contributed by atoms with E-state index >= 15 is 0 Å². The molecule has 10 nitrogen and oxygen atoms in total. The van der Waals surface area contributed by atoms with Gasteiger partial charge in [0.25, 0.3) is 0 Å². The summed E-state index contributed by atoms with van der Waals surface area (Å²) in [5.41, 5.74) is 2.01. The van der Waals surface area contributed by atoms with Crippen LogP contribution in [0, 0.1) is 46.3 Å². The van der Waals surface area contributed by atoms with Crippen molar-refractivity contribution in [3.05, 3.63) is 11.6 Å². The van der Waals surface area contributed by atoms with Gasteiger partial charge in [-0.2, -0.15) is 0 Å². The highest BCUT2D eigenvalue weighted by atomic mass is 31.2. The molecule has 4 rings (SSSR count).